The molecule has 0 spiro atoms. The van der Waals surface area contributed by atoms with Crippen molar-refractivity contribution in [2.75, 3.05) is 0 Å². The van der Waals surface area contributed by atoms with Crippen molar-refractivity contribution in [3.8, 4) is 66.9 Å². The number of pyridine rings is 2. The number of para-hydroxylation sites is 1. The molecule has 248 valence electrons. The van der Waals surface area contributed by atoms with Gasteiger partial charge < -0.3 is 0 Å². The lowest BCUT2D eigenvalue weighted by Crippen LogP contribution is -1.96. The van der Waals surface area contributed by atoms with Crippen LogP contribution < -0.4 is 0 Å². The van der Waals surface area contributed by atoms with Crippen molar-refractivity contribution in [1.82, 2.24) is 24.9 Å². The van der Waals surface area contributed by atoms with Gasteiger partial charge in [-0.15, -0.1) is 11.3 Å². The molecule has 0 saturated carbocycles. The van der Waals surface area contributed by atoms with Crippen LogP contribution in [0.25, 0.3) is 98.9 Å². The van der Waals surface area contributed by atoms with Crippen LogP contribution in [0.2, 0.25) is 0 Å². The van der Waals surface area contributed by atoms with E-state index in [0.29, 0.717) is 5.82 Å². The number of nitrogens with zero attached hydrogens (tertiary/aromatic N) is 5. The summed E-state index contributed by atoms with van der Waals surface area (Å²) in [5.74, 6) is 0.660. The maximum atomic E-state index is 5.13. The average Bonchev–Trinajstić information content (AvgIpc) is 3.68. The van der Waals surface area contributed by atoms with Crippen LogP contribution in [0.3, 0.4) is 0 Å². The number of benzene rings is 6. The van der Waals surface area contributed by atoms with Crippen molar-refractivity contribution in [2.24, 2.45) is 0 Å². The summed E-state index contributed by atoms with van der Waals surface area (Å²) in [6, 6.07) is 58.6. The van der Waals surface area contributed by atoms with Gasteiger partial charge in [0.2, 0.25) is 0 Å². The van der Waals surface area contributed by atoms with Gasteiger partial charge in [-0.3, -0.25) is 4.98 Å². The Balaban J connectivity index is 1.03. The first-order valence-corrected chi connectivity index (χ1v) is 18.3. The Morgan fingerprint density at radius 2 is 0.925 bits per heavy atom. The van der Waals surface area contributed by atoms with Crippen molar-refractivity contribution in [3.63, 3.8) is 0 Å². The SMILES string of the molecule is c1ccc(-c2ccc(-c3cc(-c4ccc(-c5nc6ccccc6s5)cc4)nc(-c4ccc(-c5ccc6ccc7cccnc7c6n5)cc4)n3)cc2)cc1. The van der Waals surface area contributed by atoms with Crippen LogP contribution in [-0.4, -0.2) is 24.9 Å². The number of rotatable bonds is 6. The molecule has 0 aliphatic carbocycles. The van der Waals surface area contributed by atoms with Crippen molar-refractivity contribution < 1.29 is 0 Å². The molecule has 0 radical (unpaired) electrons. The Morgan fingerprint density at radius 3 is 1.64 bits per heavy atom. The summed E-state index contributed by atoms with van der Waals surface area (Å²) in [6.07, 6.45) is 1.82. The topological polar surface area (TPSA) is 64.5 Å². The Hall–Kier alpha value is -6.89. The van der Waals surface area contributed by atoms with Crippen LogP contribution in [0, 0.1) is 0 Å². The maximum absolute atomic E-state index is 5.13. The third-order valence-corrected chi connectivity index (χ3v) is 10.7. The number of fused-ring (bicyclic) bond motifs is 4. The van der Waals surface area contributed by atoms with Gasteiger partial charge in [-0.05, 0) is 41.5 Å². The molecule has 10 aromatic rings. The zero-order chi connectivity index (χ0) is 35.1. The molecule has 0 fully saturated rings. The maximum Gasteiger partial charge on any atom is 0.160 e. The first-order chi connectivity index (χ1) is 26.2. The lowest BCUT2D eigenvalue weighted by Gasteiger charge is -2.11. The van der Waals surface area contributed by atoms with E-state index in [9.17, 15) is 0 Å². The highest BCUT2D eigenvalue weighted by Gasteiger charge is 2.14. The fourth-order valence-electron chi connectivity index (χ4n) is 6.79. The number of hydrogen-bond acceptors (Lipinski definition) is 6. The minimum Gasteiger partial charge on any atom is -0.254 e. The molecule has 4 heterocycles. The summed E-state index contributed by atoms with van der Waals surface area (Å²) in [6.45, 7) is 0. The Labute approximate surface area is 310 Å². The normalized spacial score (nSPS) is 11.4. The van der Waals surface area contributed by atoms with E-state index >= 15 is 0 Å². The minimum absolute atomic E-state index is 0.660. The smallest absolute Gasteiger partial charge is 0.160 e. The molecule has 0 amide bonds. The monoisotopic (exact) mass is 695 g/mol. The summed E-state index contributed by atoms with van der Waals surface area (Å²) < 4.78 is 1.18. The Morgan fingerprint density at radius 1 is 0.358 bits per heavy atom. The Kier molecular flexibility index (Phi) is 7.59. The highest BCUT2D eigenvalue weighted by molar-refractivity contribution is 7.21. The van der Waals surface area contributed by atoms with E-state index in [1.165, 1.54) is 10.3 Å². The van der Waals surface area contributed by atoms with Crippen LogP contribution in [0.1, 0.15) is 0 Å². The van der Waals surface area contributed by atoms with E-state index in [1.54, 1.807) is 11.3 Å². The van der Waals surface area contributed by atoms with Crippen LogP contribution in [0.15, 0.2) is 176 Å². The summed E-state index contributed by atoms with van der Waals surface area (Å²) in [7, 11) is 0. The molecule has 4 aromatic heterocycles. The summed E-state index contributed by atoms with van der Waals surface area (Å²) >= 11 is 1.71. The van der Waals surface area contributed by atoms with Gasteiger partial charge in [0.25, 0.3) is 0 Å². The quantitative estimate of drug-likeness (QED) is 0.162. The van der Waals surface area contributed by atoms with Gasteiger partial charge in [-0.1, -0.05) is 140 Å². The standard InChI is InChI=1S/C47H29N5S/c1-2-7-30(8-3-1)31-12-14-33(15-13-31)41-29-42(34-18-24-38(25-19-34)47-52-40-10-4-5-11-43(40)53-47)51-46(50-41)37-22-16-32(17-23-37)39-27-26-36-21-20-35-9-6-28-48-44(35)45(36)49-39/h1-29H. The molecule has 53 heavy (non-hydrogen) atoms. The summed E-state index contributed by atoms with van der Waals surface area (Å²) in [5, 5.41) is 3.15. The predicted molar refractivity (Wildman–Crippen MR) is 218 cm³/mol. The van der Waals surface area contributed by atoms with Crippen LogP contribution in [0.4, 0.5) is 0 Å². The lowest BCUT2D eigenvalue weighted by molar-refractivity contribution is 1.18. The molecule has 0 atom stereocenters. The molecule has 0 saturated heterocycles. The second-order valence-corrected chi connectivity index (χ2v) is 14.0. The van der Waals surface area contributed by atoms with E-state index in [2.05, 4.69) is 157 Å². The molecule has 6 aromatic carbocycles. The van der Waals surface area contributed by atoms with E-state index in [1.807, 2.05) is 24.4 Å². The van der Waals surface area contributed by atoms with Crippen LogP contribution in [-0.2, 0) is 0 Å². The highest BCUT2D eigenvalue weighted by atomic mass is 32.1. The van der Waals surface area contributed by atoms with Gasteiger partial charge in [-0.2, -0.15) is 0 Å². The number of aromatic nitrogens is 5. The molecule has 10 rings (SSSR count). The second kappa shape index (κ2) is 13.0. The molecule has 0 bridgehead atoms. The van der Waals surface area contributed by atoms with Crippen LogP contribution in [0.5, 0.6) is 0 Å². The lowest BCUT2D eigenvalue weighted by atomic mass is 10.0. The third-order valence-electron chi connectivity index (χ3n) is 9.61. The number of hydrogen-bond donors (Lipinski definition) is 0. The molecule has 6 heteroatoms. The molecule has 0 unspecified atom stereocenters. The largest absolute Gasteiger partial charge is 0.254 e. The Bertz CT molecular complexity index is 2890. The van der Waals surface area contributed by atoms with Gasteiger partial charge in [0.15, 0.2) is 5.82 Å². The fourth-order valence-corrected chi connectivity index (χ4v) is 7.76. The molecular weight excluding hydrogens is 667 g/mol. The molecule has 5 nitrogen and oxygen atoms in total. The van der Waals surface area contributed by atoms with Gasteiger partial charge in [0.05, 0.1) is 38.3 Å². The van der Waals surface area contributed by atoms with Gasteiger partial charge in [0, 0.05) is 44.8 Å². The van der Waals surface area contributed by atoms with Gasteiger partial charge in [0.1, 0.15) is 5.01 Å². The van der Waals surface area contributed by atoms with Crippen molar-refractivity contribution in [3.05, 3.63) is 176 Å². The van der Waals surface area contributed by atoms with Gasteiger partial charge >= 0.3 is 0 Å². The fraction of sp³-hybridized carbons (Fsp3) is 0. The van der Waals surface area contributed by atoms with E-state index in [-0.39, 0.29) is 0 Å². The third kappa shape index (κ3) is 5.91. The van der Waals surface area contributed by atoms with Gasteiger partial charge in [-0.25, -0.2) is 19.9 Å². The van der Waals surface area contributed by atoms with Crippen molar-refractivity contribution in [1.29, 1.82) is 0 Å². The molecule has 0 aliphatic heterocycles. The second-order valence-electron chi connectivity index (χ2n) is 13.0. The van der Waals surface area contributed by atoms with Crippen LogP contribution >= 0.6 is 11.3 Å². The zero-order valence-electron chi connectivity index (χ0n) is 28.4. The minimum atomic E-state index is 0.660. The predicted octanol–water partition coefficient (Wildman–Crippen LogP) is 12.2. The molecular formula is C47H29N5S. The first-order valence-electron chi connectivity index (χ1n) is 17.5. The molecule has 0 aliphatic rings. The zero-order valence-corrected chi connectivity index (χ0v) is 29.2. The van der Waals surface area contributed by atoms with E-state index in [0.717, 1.165) is 82.8 Å². The molecule has 0 N–H and O–H groups in total. The average molecular weight is 696 g/mol. The van der Waals surface area contributed by atoms with E-state index in [4.69, 9.17) is 19.9 Å². The van der Waals surface area contributed by atoms with Crippen molar-refractivity contribution >= 4 is 43.4 Å². The highest BCUT2D eigenvalue weighted by Crippen LogP contribution is 2.34. The summed E-state index contributed by atoms with van der Waals surface area (Å²) in [4.78, 5) is 24.8. The van der Waals surface area contributed by atoms with Crippen molar-refractivity contribution in [2.45, 2.75) is 0 Å². The first kappa shape index (κ1) is 30.9. The number of thiazole rings is 1. The van der Waals surface area contributed by atoms with E-state index < -0.39 is 0 Å². The summed E-state index contributed by atoms with van der Waals surface area (Å²) in [5.41, 5.74) is 12.9.